The Kier molecular flexibility index (Phi) is 6.32. The van der Waals surface area contributed by atoms with Crippen molar-refractivity contribution in [3.63, 3.8) is 0 Å². The van der Waals surface area contributed by atoms with Gasteiger partial charge in [-0.1, -0.05) is 0 Å². The van der Waals surface area contributed by atoms with Gasteiger partial charge < -0.3 is 15.2 Å². The van der Waals surface area contributed by atoms with Crippen LogP contribution < -0.4 is 5.32 Å². The number of nitrogens with one attached hydrogen (secondary N) is 1. The first-order valence-electron chi connectivity index (χ1n) is 6.07. The van der Waals surface area contributed by atoms with E-state index in [0.717, 1.165) is 17.8 Å². The normalized spacial score (nSPS) is 14.2. The number of carbonyl (C=O) groups is 1. The van der Waals surface area contributed by atoms with Crippen molar-refractivity contribution in [3.05, 3.63) is 21.9 Å². The second-order valence-electron chi connectivity index (χ2n) is 4.49. The molecular formula is C13H21NO3S. The summed E-state index contributed by atoms with van der Waals surface area (Å²) in [4.78, 5) is 13.3. The minimum absolute atomic E-state index is 0.209. The Balaban J connectivity index is 2.37. The maximum absolute atomic E-state index is 11.1. The van der Waals surface area contributed by atoms with Crippen molar-refractivity contribution in [1.29, 1.82) is 0 Å². The standard InChI is InChI=1S/C13H21NO3S/c1-9(6-10(2)15)14-8-12-5-4-11(18-12)7-13(16)17-3/h4-5,9-10,14-15H,6-8H2,1-3H3. The Morgan fingerprint density at radius 2 is 2.11 bits per heavy atom. The van der Waals surface area contributed by atoms with Crippen LogP contribution in [-0.2, 0) is 22.5 Å². The van der Waals surface area contributed by atoms with Gasteiger partial charge in [-0.25, -0.2) is 0 Å². The minimum atomic E-state index is -0.286. The number of esters is 1. The van der Waals surface area contributed by atoms with Gasteiger partial charge in [0.25, 0.3) is 0 Å². The number of hydrogen-bond donors (Lipinski definition) is 2. The molecule has 2 unspecified atom stereocenters. The summed E-state index contributed by atoms with van der Waals surface area (Å²) in [5, 5.41) is 12.6. The van der Waals surface area contributed by atoms with Crippen molar-refractivity contribution in [2.75, 3.05) is 7.11 Å². The monoisotopic (exact) mass is 271 g/mol. The van der Waals surface area contributed by atoms with Crippen LogP contribution in [0.25, 0.3) is 0 Å². The second-order valence-corrected chi connectivity index (χ2v) is 5.74. The lowest BCUT2D eigenvalue weighted by Gasteiger charge is -2.14. The lowest BCUT2D eigenvalue weighted by atomic mass is 10.1. The number of rotatable bonds is 7. The quantitative estimate of drug-likeness (QED) is 0.741. The zero-order chi connectivity index (χ0) is 13.5. The summed E-state index contributed by atoms with van der Waals surface area (Å²) in [6.07, 6.45) is 0.788. The third-order valence-electron chi connectivity index (χ3n) is 2.58. The van der Waals surface area contributed by atoms with Gasteiger partial charge in [0, 0.05) is 22.3 Å². The molecule has 0 aliphatic carbocycles. The number of hydrogen-bond acceptors (Lipinski definition) is 5. The molecule has 0 bridgehead atoms. The molecule has 0 aromatic carbocycles. The molecule has 0 aliphatic rings. The van der Waals surface area contributed by atoms with Crippen molar-refractivity contribution in [2.45, 2.75) is 45.4 Å². The van der Waals surface area contributed by atoms with Crippen LogP contribution in [0.1, 0.15) is 30.0 Å². The molecule has 0 spiro atoms. The summed E-state index contributed by atoms with van der Waals surface area (Å²) in [7, 11) is 1.40. The summed E-state index contributed by atoms with van der Waals surface area (Å²) < 4.78 is 4.63. The fourth-order valence-electron chi connectivity index (χ4n) is 1.70. The average Bonchev–Trinajstić information content (AvgIpc) is 2.73. The van der Waals surface area contributed by atoms with E-state index >= 15 is 0 Å². The molecule has 0 fully saturated rings. The Bertz CT molecular complexity index is 376. The van der Waals surface area contributed by atoms with E-state index in [9.17, 15) is 9.90 Å². The highest BCUT2D eigenvalue weighted by Gasteiger charge is 2.08. The number of thiophene rings is 1. The van der Waals surface area contributed by atoms with Gasteiger partial charge in [0.05, 0.1) is 19.6 Å². The summed E-state index contributed by atoms with van der Waals surface area (Å²) in [5.74, 6) is -0.209. The van der Waals surface area contributed by atoms with Crippen LogP contribution in [0, 0.1) is 0 Å². The topological polar surface area (TPSA) is 58.6 Å². The smallest absolute Gasteiger partial charge is 0.310 e. The van der Waals surface area contributed by atoms with Crippen LogP contribution in [0.15, 0.2) is 12.1 Å². The van der Waals surface area contributed by atoms with Crippen LogP contribution in [0.5, 0.6) is 0 Å². The SMILES string of the molecule is COC(=O)Cc1ccc(CNC(C)CC(C)O)s1. The predicted octanol–water partition coefficient (Wildman–Crippen LogP) is 1.71. The zero-order valence-corrected chi connectivity index (χ0v) is 11.9. The van der Waals surface area contributed by atoms with E-state index in [4.69, 9.17) is 0 Å². The van der Waals surface area contributed by atoms with Crippen LogP contribution in [0.3, 0.4) is 0 Å². The van der Waals surface area contributed by atoms with Crippen molar-refractivity contribution in [3.8, 4) is 0 Å². The molecule has 1 aromatic heterocycles. The number of carbonyl (C=O) groups excluding carboxylic acids is 1. The molecule has 0 aliphatic heterocycles. The Hall–Kier alpha value is -0.910. The maximum Gasteiger partial charge on any atom is 0.310 e. The van der Waals surface area contributed by atoms with E-state index < -0.39 is 0 Å². The van der Waals surface area contributed by atoms with E-state index in [1.807, 2.05) is 12.1 Å². The fraction of sp³-hybridized carbons (Fsp3) is 0.615. The molecular weight excluding hydrogens is 250 g/mol. The van der Waals surface area contributed by atoms with Gasteiger partial charge in [0.15, 0.2) is 0 Å². The molecule has 5 heteroatoms. The van der Waals surface area contributed by atoms with Gasteiger partial charge in [-0.05, 0) is 32.4 Å². The molecule has 102 valence electrons. The van der Waals surface area contributed by atoms with Crippen LogP contribution in [0.2, 0.25) is 0 Å². The van der Waals surface area contributed by atoms with E-state index in [0.29, 0.717) is 6.42 Å². The number of methoxy groups -OCH3 is 1. The molecule has 1 aromatic rings. The molecule has 4 nitrogen and oxygen atoms in total. The molecule has 0 radical (unpaired) electrons. The minimum Gasteiger partial charge on any atom is -0.469 e. The van der Waals surface area contributed by atoms with Gasteiger partial charge >= 0.3 is 5.97 Å². The highest BCUT2D eigenvalue weighted by atomic mass is 32.1. The molecule has 1 rings (SSSR count). The summed E-state index contributed by atoms with van der Waals surface area (Å²) in [5.41, 5.74) is 0. The Morgan fingerprint density at radius 1 is 1.44 bits per heavy atom. The molecule has 18 heavy (non-hydrogen) atoms. The van der Waals surface area contributed by atoms with Crippen molar-refractivity contribution in [2.24, 2.45) is 0 Å². The second kappa shape index (κ2) is 7.51. The van der Waals surface area contributed by atoms with Gasteiger partial charge in [-0.2, -0.15) is 0 Å². The number of ether oxygens (including phenoxy) is 1. The molecule has 0 saturated heterocycles. The predicted molar refractivity (Wildman–Crippen MR) is 72.6 cm³/mol. The largest absolute Gasteiger partial charge is 0.469 e. The highest BCUT2D eigenvalue weighted by Crippen LogP contribution is 2.17. The van der Waals surface area contributed by atoms with Crippen molar-refractivity contribution >= 4 is 17.3 Å². The van der Waals surface area contributed by atoms with Gasteiger partial charge in [-0.3, -0.25) is 4.79 Å². The third kappa shape index (κ3) is 5.62. The van der Waals surface area contributed by atoms with Crippen LogP contribution >= 0.6 is 11.3 Å². The first kappa shape index (κ1) is 15.1. The lowest BCUT2D eigenvalue weighted by Crippen LogP contribution is -2.28. The summed E-state index contributed by atoms with van der Waals surface area (Å²) in [6.45, 7) is 4.60. The zero-order valence-electron chi connectivity index (χ0n) is 11.1. The first-order valence-corrected chi connectivity index (χ1v) is 6.88. The fourth-order valence-corrected chi connectivity index (χ4v) is 2.65. The number of aliphatic hydroxyl groups is 1. The third-order valence-corrected chi connectivity index (χ3v) is 3.67. The van der Waals surface area contributed by atoms with Crippen molar-refractivity contribution < 1.29 is 14.6 Å². The Morgan fingerprint density at radius 3 is 2.72 bits per heavy atom. The van der Waals surface area contributed by atoms with Crippen LogP contribution in [-0.4, -0.2) is 30.3 Å². The highest BCUT2D eigenvalue weighted by molar-refractivity contribution is 7.12. The van der Waals surface area contributed by atoms with Crippen LogP contribution in [0.4, 0.5) is 0 Å². The maximum atomic E-state index is 11.1. The van der Waals surface area contributed by atoms with Crippen molar-refractivity contribution in [1.82, 2.24) is 5.32 Å². The number of aliphatic hydroxyl groups excluding tert-OH is 1. The Labute approximate surface area is 112 Å². The molecule has 2 N–H and O–H groups in total. The molecule has 1 heterocycles. The van der Waals surface area contributed by atoms with E-state index in [1.54, 1.807) is 18.3 Å². The summed E-state index contributed by atoms with van der Waals surface area (Å²) >= 11 is 1.61. The molecule has 2 atom stereocenters. The summed E-state index contributed by atoms with van der Waals surface area (Å²) in [6, 6.07) is 4.25. The van der Waals surface area contributed by atoms with Gasteiger partial charge in [-0.15, -0.1) is 11.3 Å². The lowest BCUT2D eigenvalue weighted by molar-refractivity contribution is -0.139. The van der Waals surface area contributed by atoms with E-state index in [2.05, 4.69) is 17.0 Å². The molecule has 0 saturated carbocycles. The average molecular weight is 271 g/mol. The van der Waals surface area contributed by atoms with E-state index in [-0.39, 0.29) is 18.1 Å². The van der Waals surface area contributed by atoms with E-state index in [1.165, 1.54) is 12.0 Å². The van der Waals surface area contributed by atoms with Gasteiger partial charge in [0.1, 0.15) is 0 Å². The first-order chi connectivity index (χ1) is 8.51. The van der Waals surface area contributed by atoms with Gasteiger partial charge in [0.2, 0.25) is 0 Å². The molecule has 0 amide bonds.